The Balaban J connectivity index is 1.93. The van der Waals surface area contributed by atoms with E-state index in [0.29, 0.717) is 5.56 Å². The summed E-state index contributed by atoms with van der Waals surface area (Å²) in [6.45, 7) is 2.07. The maximum absolute atomic E-state index is 12.1. The normalized spacial score (nSPS) is 9.91. The van der Waals surface area contributed by atoms with Gasteiger partial charge < -0.3 is 10.1 Å². The van der Waals surface area contributed by atoms with Crippen LogP contribution in [0.25, 0.3) is 0 Å². The molecule has 0 atom stereocenters. The molecule has 0 saturated heterocycles. The van der Waals surface area contributed by atoms with E-state index in [1.54, 1.807) is 19.2 Å². The van der Waals surface area contributed by atoms with E-state index in [9.17, 15) is 4.79 Å². The Labute approximate surface area is 135 Å². The Morgan fingerprint density at radius 1 is 1.09 bits per heavy atom. The molecule has 2 N–H and O–H groups in total. The van der Waals surface area contributed by atoms with Gasteiger partial charge in [0.1, 0.15) is 5.75 Å². The number of carbonyl (C=O) groups excluding carboxylic acids is 1. The van der Waals surface area contributed by atoms with Gasteiger partial charge in [0.05, 0.1) is 7.11 Å². The summed E-state index contributed by atoms with van der Waals surface area (Å²) in [5, 5.41) is 5.88. The van der Waals surface area contributed by atoms with Crippen LogP contribution in [0, 0.1) is 0 Å². The number of aryl methyl sites for hydroxylation is 1. The van der Waals surface area contributed by atoms with Gasteiger partial charge in [0.25, 0.3) is 5.91 Å². The average molecular weight is 314 g/mol. The third-order valence-electron chi connectivity index (χ3n) is 3.20. The molecule has 2 rings (SSSR count). The van der Waals surface area contributed by atoms with Crippen LogP contribution in [0.3, 0.4) is 0 Å². The molecule has 1 amide bonds. The minimum atomic E-state index is -0.228. The van der Waals surface area contributed by atoms with Crippen molar-refractivity contribution >= 4 is 28.9 Å². The van der Waals surface area contributed by atoms with Crippen LogP contribution in [0.5, 0.6) is 5.75 Å². The van der Waals surface area contributed by atoms with E-state index < -0.39 is 0 Å². The van der Waals surface area contributed by atoms with Crippen LogP contribution in [0.15, 0.2) is 48.5 Å². The van der Waals surface area contributed by atoms with Crippen molar-refractivity contribution in [3.8, 4) is 5.75 Å². The first-order valence-electron chi connectivity index (χ1n) is 6.97. The lowest BCUT2D eigenvalue weighted by Crippen LogP contribution is -2.34. The predicted molar refractivity (Wildman–Crippen MR) is 92.5 cm³/mol. The van der Waals surface area contributed by atoms with Crippen molar-refractivity contribution in [3.63, 3.8) is 0 Å². The molecule has 0 radical (unpaired) electrons. The van der Waals surface area contributed by atoms with Crippen LogP contribution in [-0.2, 0) is 6.42 Å². The molecule has 5 heteroatoms. The molecule has 22 heavy (non-hydrogen) atoms. The molecule has 0 aliphatic rings. The highest BCUT2D eigenvalue weighted by atomic mass is 32.1. The average Bonchev–Trinajstić information content (AvgIpc) is 2.55. The summed E-state index contributed by atoms with van der Waals surface area (Å²) in [6, 6.07) is 14.8. The fourth-order valence-electron chi connectivity index (χ4n) is 1.90. The second-order valence-electron chi connectivity index (χ2n) is 4.69. The number of benzene rings is 2. The van der Waals surface area contributed by atoms with Crippen molar-refractivity contribution in [1.29, 1.82) is 0 Å². The Kier molecular flexibility index (Phi) is 5.49. The van der Waals surface area contributed by atoms with Gasteiger partial charge in [0, 0.05) is 11.3 Å². The SMILES string of the molecule is CCc1ccc(C(=O)NC(=S)Nc2ccc(OC)cc2)cc1. The number of ether oxygens (including phenoxy) is 1. The van der Waals surface area contributed by atoms with Gasteiger partial charge in [0.15, 0.2) is 5.11 Å². The summed E-state index contributed by atoms with van der Waals surface area (Å²) in [7, 11) is 1.61. The number of amides is 1. The number of hydrogen-bond acceptors (Lipinski definition) is 3. The molecular weight excluding hydrogens is 296 g/mol. The summed E-state index contributed by atoms with van der Waals surface area (Å²) in [4.78, 5) is 12.1. The second-order valence-corrected chi connectivity index (χ2v) is 5.10. The molecule has 0 bridgehead atoms. The zero-order chi connectivity index (χ0) is 15.9. The lowest BCUT2D eigenvalue weighted by atomic mass is 10.1. The highest BCUT2D eigenvalue weighted by Gasteiger charge is 2.07. The molecule has 0 aliphatic carbocycles. The lowest BCUT2D eigenvalue weighted by Gasteiger charge is -2.10. The van der Waals surface area contributed by atoms with E-state index in [2.05, 4.69) is 17.6 Å². The quantitative estimate of drug-likeness (QED) is 0.850. The predicted octanol–water partition coefficient (Wildman–Crippen LogP) is 3.38. The van der Waals surface area contributed by atoms with Gasteiger partial charge >= 0.3 is 0 Å². The summed E-state index contributed by atoms with van der Waals surface area (Å²) in [5.74, 6) is 0.533. The van der Waals surface area contributed by atoms with Crippen LogP contribution in [-0.4, -0.2) is 18.1 Å². The van der Waals surface area contributed by atoms with Crippen molar-refractivity contribution in [3.05, 3.63) is 59.7 Å². The topological polar surface area (TPSA) is 50.4 Å². The second kappa shape index (κ2) is 7.56. The van der Waals surface area contributed by atoms with Gasteiger partial charge in [-0.25, -0.2) is 0 Å². The summed E-state index contributed by atoms with van der Waals surface area (Å²) >= 11 is 5.15. The van der Waals surface area contributed by atoms with Gasteiger partial charge in [-0.1, -0.05) is 19.1 Å². The molecule has 0 spiro atoms. The number of methoxy groups -OCH3 is 1. The summed E-state index contributed by atoms with van der Waals surface area (Å²) in [5.41, 5.74) is 2.55. The third-order valence-corrected chi connectivity index (χ3v) is 3.40. The molecule has 2 aromatic rings. The smallest absolute Gasteiger partial charge is 0.257 e. The van der Waals surface area contributed by atoms with E-state index in [1.807, 2.05) is 36.4 Å². The lowest BCUT2D eigenvalue weighted by molar-refractivity contribution is 0.0977. The van der Waals surface area contributed by atoms with Crippen molar-refractivity contribution < 1.29 is 9.53 Å². The Morgan fingerprint density at radius 3 is 2.27 bits per heavy atom. The molecule has 4 nitrogen and oxygen atoms in total. The highest BCUT2D eigenvalue weighted by Crippen LogP contribution is 2.14. The Hall–Kier alpha value is -2.40. The van der Waals surface area contributed by atoms with E-state index in [4.69, 9.17) is 17.0 Å². The van der Waals surface area contributed by atoms with Crippen molar-refractivity contribution in [2.45, 2.75) is 13.3 Å². The fraction of sp³-hybridized carbons (Fsp3) is 0.176. The van der Waals surface area contributed by atoms with E-state index in [0.717, 1.165) is 17.9 Å². The number of carbonyl (C=O) groups is 1. The van der Waals surface area contributed by atoms with E-state index in [1.165, 1.54) is 5.56 Å². The van der Waals surface area contributed by atoms with Crippen LogP contribution < -0.4 is 15.4 Å². The summed E-state index contributed by atoms with van der Waals surface area (Å²) in [6.07, 6.45) is 0.944. The zero-order valence-corrected chi connectivity index (χ0v) is 13.4. The van der Waals surface area contributed by atoms with E-state index in [-0.39, 0.29) is 11.0 Å². The zero-order valence-electron chi connectivity index (χ0n) is 12.6. The highest BCUT2D eigenvalue weighted by molar-refractivity contribution is 7.80. The van der Waals surface area contributed by atoms with Gasteiger partial charge in [-0.2, -0.15) is 0 Å². The van der Waals surface area contributed by atoms with Gasteiger partial charge in [-0.15, -0.1) is 0 Å². The van der Waals surface area contributed by atoms with Crippen LogP contribution in [0.1, 0.15) is 22.8 Å². The van der Waals surface area contributed by atoms with Gasteiger partial charge in [-0.05, 0) is 60.6 Å². The molecule has 2 aromatic carbocycles. The number of rotatable bonds is 4. The first-order valence-corrected chi connectivity index (χ1v) is 7.38. The number of nitrogens with one attached hydrogen (secondary N) is 2. The maximum atomic E-state index is 12.1. The molecule has 0 heterocycles. The maximum Gasteiger partial charge on any atom is 0.257 e. The van der Waals surface area contributed by atoms with Gasteiger partial charge in [0.2, 0.25) is 0 Å². The minimum Gasteiger partial charge on any atom is -0.497 e. The Morgan fingerprint density at radius 2 is 1.73 bits per heavy atom. The molecule has 0 fully saturated rings. The van der Waals surface area contributed by atoms with Crippen LogP contribution in [0.4, 0.5) is 5.69 Å². The largest absolute Gasteiger partial charge is 0.497 e. The molecule has 0 saturated carbocycles. The van der Waals surface area contributed by atoms with Crippen LogP contribution >= 0.6 is 12.2 Å². The Bertz CT molecular complexity index is 651. The molecule has 0 aromatic heterocycles. The van der Waals surface area contributed by atoms with Crippen molar-refractivity contribution in [1.82, 2.24) is 5.32 Å². The number of thiocarbonyl (C=S) groups is 1. The van der Waals surface area contributed by atoms with Crippen LogP contribution in [0.2, 0.25) is 0 Å². The first-order chi connectivity index (χ1) is 10.6. The standard InChI is InChI=1S/C17H18N2O2S/c1-3-12-4-6-13(7-5-12)16(20)19-17(22)18-14-8-10-15(21-2)11-9-14/h4-11H,3H2,1-2H3,(H2,18,19,20,22). The van der Waals surface area contributed by atoms with E-state index >= 15 is 0 Å². The molecule has 0 unspecified atom stereocenters. The fourth-order valence-corrected chi connectivity index (χ4v) is 2.11. The first kappa shape index (κ1) is 16.0. The summed E-state index contributed by atoms with van der Waals surface area (Å²) < 4.78 is 5.09. The monoisotopic (exact) mass is 314 g/mol. The van der Waals surface area contributed by atoms with Gasteiger partial charge in [-0.3, -0.25) is 10.1 Å². The van der Waals surface area contributed by atoms with Crippen molar-refractivity contribution in [2.24, 2.45) is 0 Å². The minimum absolute atomic E-state index is 0.228. The number of hydrogen-bond donors (Lipinski definition) is 2. The molecule has 114 valence electrons. The number of anilines is 1. The van der Waals surface area contributed by atoms with Crippen molar-refractivity contribution in [2.75, 3.05) is 12.4 Å². The third kappa shape index (κ3) is 4.30. The molecular formula is C17H18N2O2S. The molecule has 0 aliphatic heterocycles.